The van der Waals surface area contributed by atoms with Crippen molar-refractivity contribution in [1.29, 1.82) is 0 Å². The van der Waals surface area contributed by atoms with Crippen LogP contribution < -0.4 is 0 Å². The Morgan fingerprint density at radius 1 is 0.297 bits per heavy atom. The first-order valence-electron chi connectivity index (χ1n) is 21.4. The SMILES string of the molecule is c1ccc(-c2nc(-c3ccc(-c4ccccn4)cc3)nc(-c3ccc4ccc5c(-c6nc(-c7ccccc7)nc(-c7ccc(-c8ccccn8)cc7)n6)ccc6c5c4c3CC6)n2)cc1. The summed E-state index contributed by atoms with van der Waals surface area (Å²) in [5.41, 5.74) is 12.0. The second-order valence-electron chi connectivity index (χ2n) is 15.9. The molecule has 0 aliphatic heterocycles. The monoisotopic (exact) mass is 820 g/mol. The summed E-state index contributed by atoms with van der Waals surface area (Å²) < 4.78 is 0. The summed E-state index contributed by atoms with van der Waals surface area (Å²) in [7, 11) is 0. The summed E-state index contributed by atoms with van der Waals surface area (Å²) in [4.78, 5) is 39.9. The fraction of sp³-hybridized carbons (Fsp3) is 0.0357. The topological polar surface area (TPSA) is 103 Å². The van der Waals surface area contributed by atoms with Gasteiger partial charge in [0, 0.05) is 56.9 Å². The molecule has 0 atom stereocenters. The molecule has 0 saturated heterocycles. The van der Waals surface area contributed by atoms with Crippen molar-refractivity contribution in [3.8, 4) is 90.8 Å². The molecule has 64 heavy (non-hydrogen) atoms. The molecule has 0 bridgehead atoms. The Balaban J connectivity index is 1.01. The fourth-order valence-corrected chi connectivity index (χ4v) is 8.87. The lowest BCUT2D eigenvalue weighted by molar-refractivity contribution is 0.963. The van der Waals surface area contributed by atoms with Gasteiger partial charge in [-0.2, -0.15) is 0 Å². The van der Waals surface area contributed by atoms with Gasteiger partial charge in [0.1, 0.15) is 0 Å². The highest BCUT2D eigenvalue weighted by atomic mass is 15.0. The minimum absolute atomic E-state index is 0.607. The zero-order chi connectivity index (χ0) is 42.4. The normalized spacial score (nSPS) is 11.9. The smallest absolute Gasteiger partial charge is 0.164 e. The van der Waals surface area contributed by atoms with E-state index in [-0.39, 0.29) is 0 Å². The van der Waals surface area contributed by atoms with Crippen LogP contribution in [0.25, 0.3) is 112 Å². The van der Waals surface area contributed by atoms with Gasteiger partial charge in [0.15, 0.2) is 34.9 Å². The van der Waals surface area contributed by atoms with Crippen molar-refractivity contribution in [3.05, 3.63) is 206 Å². The molecule has 1 aliphatic carbocycles. The molecular weight excluding hydrogens is 785 g/mol. The molecule has 11 aromatic rings. The number of benzene rings is 7. The standard InChI is InChI=1S/C56H36N8/c1-3-11-39(12-4-1)51-59-53(41-21-17-35(18-22-41)47-15-7-9-33-57-47)63-55(61-51)45-31-27-37-26-30-44-46(32-28-38-25-29-43(45)49(37)50(38)44)56-62-52(40-13-5-2-6-14-40)60-54(64-56)42-23-19-36(20-24-42)48-16-8-10-34-58-48/h1-25,27-29,31-34H,26,30H2. The summed E-state index contributed by atoms with van der Waals surface area (Å²) in [6, 6.07) is 61.9. The molecule has 4 heterocycles. The Bertz CT molecular complexity index is 3510. The van der Waals surface area contributed by atoms with Crippen LogP contribution in [0.4, 0.5) is 0 Å². The van der Waals surface area contributed by atoms with Gasteiger partial charge in [0.2, 0.25) is 0 Å². The quantitative estimate of drug-likeness (QED) is 0.140. The second kappa shape index (κ2) is 15.7. The average Bonchev–Trinajstić information content (AvgIpc) is 3.38. The van der Waals surface area contributed by atoms with E-state index in [0.29, 0.717) is 34.9 Å². The molecule has 0 radical (unpaired) electrons. The minimum Gasteiger partial charge on any atom is -0.256 e. The van der Waals surface area contributed by atoms with Crippen LogP contribution in [0, 0.1) is 0 Å². The van der Waals surface area contributed by atoms with Crippen LogP contribution in [0.2, 0.25) is 0 Å². The molecule has 8 nitrogen and oxygen atoms in total. The number of hydrogen-bond acceptors (Lipinski definition) is 8. The molecule has 4 aromatic heterocycles. The van der Waals surface area contributed by atoms with Crippen molar-refractivity contribution < 1.29 is 0 Å². The van der Waals surface area contributed by atoms with E-state index in [1.165, 1.54) is 27.3 Å². The molecule has 7 aromatic carbocycles. The van der Waals surface area contributed by atoms with Crippen LogP contribution >= 0.6 is 0 Å². The largest absolute Gasteiger partial charge is 0.256 e. The van der Waals surface area contributed by atoms with Crippen molar-refractivity contribution in [3.63, 3.8) is 0 Å². The first-order valence-corrected chi connectivity index (χ1v) is 21.4. The van der Waals surface area contributed by atoms with Gasteiger partial charge in [0.25, 0.3) is 0 Å². The number of pyridine rings is 2. The molecule has 8 heteroatoms. The van der Waals surface area contributed by atoms with E-state index < -0.39 is 0 Å². The van der Waals surface area contributed by atoms with Crippen LogP contribution in [0.15, 0.2) is 194 Å². The van der Waals surface area contributed by atoms with Crippen molar-refractivity contribution in [2.24, 2.45) is 0 Å². The lowest BCUT2D eigenvalue weighted by Gasteiger charge is -2.22. The highest BCUT2D eigenvalue weighted by molar-refractivity contribution is 6.16. The maximum Gasteiger partial charge on any atom is 0.164 e. The van der Waals surface area contributed by atoms with Gasteiger partial charge in [-0.1, -0.05) is 158 Å². The zero-order valence-electron chi connectivity index (χ0n) is 34.5. The highest BCUT2D eigenvalue weighted by Gasteiger charge is 2.24. The third kappa shape index (κ3) is 6.74. The van der Waals surface area contributed by atoms with Gasteiger partial charge in [-0.15, -0.1) is 0 Å². The first-order chi connectivity index (χ1) is 31.7. The predicted octanol–water partition coefficient (Wildman–Crippen LogP) is 12.6. The van der Waals surface area contributed by atoms with E-state index in [9.17, 15) is 0 Å². The molecule has 0 saturated carbocycles. The first kappa shape index (κ1) is 37.2. The van der Waals surface area contributed by atoms with E-state index in [2.05, 4.69) is 94.9 Å². The third-order valence-corrected chi connectivity index (χ3v) is 12.0. The maximum absolute atomic E-state index is 5.21. The number of rotatable bonds is 8. The van der Waals surface area contributed by atoms with Crippen LogP contribution in [-0.4, -0.2) is 39.9 Å². The van der Waals surface area contributed by atoms with Crippen LogP contribution in [0.3, 0.4) is 0 Å². The molecule has 12 rings (SSSR count). The minimum atomic E-state index is 0.607. The zero-order valence-corrected chi connectivity index (χ0v) is 34.5. The van der Waals surface area contributed by atoms with E-state index in [1.807, 2.05) is 109 Å². The van der Waals surface area contributed by atoms with Gasteiger partial charge in [-0.25, -0.2) is 29.9 Å². The van der Waals surface area contributed by atoms with Gasteiger partial charge in [-0.05, 0) is 69.8 Å². The Morgan fingerprint density at radius 2 is 0.734 bits per heavy atom. The van der Waals surface area contributed by atoms with Crippen molar-refractivity contribution >= 4 is 21.5 Å². The van der Waals surface area contributed by atoms with E-state index in [1.54, 1.807) is 0 Å². The Kier molecular flexibility index (Phi) is 9.11. The maximum atomic E-state index is 5.21. The average molecular weight is 821 g/mol. The second-order valence-corrected chi connectivity index (χ2v) is 15.9. The fourth-order valence-electron chi connectivity index (χ4n) is 8.87. The van der Waals surface area contributed by atoms with Crippen molar-refractivity contribution in [2.45, 2.75) is 12.8 Å². The molecule has 0 amide bonds. The van der Waals surface area contributed by atoms with Crippen LogP contribution in [0.1, 0.15) is 11.1 Å². The van der Waals surface area contributed by atoms with E-state index in [0.717, 1.165) is 74.1 Å². The summed E-state index contributed by atoms with van der Waals surface area (Å²) >= 11 is 0. The van der Waals surface area contributed by atoms with Gasteiger partial charge >= 0.3 is 0 Å². The summed E-state index contributed by atoms with van der Waals surface area (Å²) in [6.45, 7) is 0. The lowest BCUT2D eigenvalue weighted by Crippen LogP contribution is -2.07. The molecule has 0 unspecified atom stereocenters. The van der Waals surface area contributed by atoms with Gasteiger partial charge < -0.3 is 0 Å². The Morgan fingerprint density at radius 3 is 1.25 bits per heavy atom. The van der Waals surface area contributed by atoms with Crippen LogP contribution in [0.5, 0.6) is 0 Å². The lowest BCUT2D eigenvalue weighted by atomic mass is 9.82. The number of hydrogen-bond donors (Lipinski definition) is 0. The predicted molar refractivity (Wildman–Crippen MR) is 255 cm³/mol. The molecule has 0 fully saturated rings. The summed E-state index contributed by atoms with van der Waals surface area (Å²) in [5.74, 6) is 3.74. The number of aromatic nitrogens is 8. The Labute approximate surface area is 369 Å². The summed E-state index contributed by atoms with van der Waals surface area (Å²) in [5, 5.41) is 4.69. The van der Waals surface area contributed by atoms with Gasteiger partial charge in [-0.3, -0.25) is 9.97 Å². The third-order valence-electron chi connectivity index (χ3n) is 12.0. The summed E-state index contributed by atoms with van der Waals surface area (Å²) in [6.07, 6.45) is 5.35. The molecule has 1 aliphatic rings. The van der Waals surface area contributed by atoms with E-state index >= 15 is 0 Å². The molecule has 300 valence electrons. The van der Waals surface area contributed by atoms with Crippen LogP contribution in [-0.2, 0) is 12.8 Å². The molecular formula is C56H36N8. The highest BCUT2D eigenvalue weighted by Crippen LogP contribution is 2.43. The van der Waals surface area contributed by atoms with E-state index in [4.69, 9.17) is 29.9 Å². The molecule has 0 N–H and O–H groups in total. The Hall–Kier alpha value is -8.62. The van der Waals surface area contributed by atoms with Gasteiger partial charge in [0.05, 0.1) is 11.4 Å². The number of aryl methyl sites for hydroxylation is 2. The molecule has 0 spiro atoms. The van der Waals surface area contributed by atoms with Crippen molar-refractivity contribution in [1.82, 2.24) is 39.9 Å². The number of nitrogens with zero attached hydrogens (tertiary/aromatic N) is 8. The van der Waals surface area contributed by atoms with Crippen molar-refractivity contribution in [2.75, 3.05) is 0 Å².